The minimum atomic E-state index is -0.771. The predicted octanol–water partition coefficient (Wildman–Crippen LogP) is 23.2. The lowest BCUT2D eigenvalue weighted by molar-refractivity contribution is -0.167. The molecule has 1 atom stereocenters. The van der Waals surface area contributed by atoms with E-state index >= 15 is 0 Å². The first-order valence-corrected chi connectivity index (χ1v) is 34.0. The molecule has 76 heavy (non-hydrogen) atoms. The molecule has 0 aromatic rings. The van der Waals surface area contributed by atoms with Gasteiger partial charge in [-0.05, 0) is 57.8 Å². The normalized spacial score (nSPS) is 12.2. The minimum absolute atomic E-state index is 0.0714. The summed E-state index contributed by atoms with van der Waals surface area (Å²) in [6, 6.07) is 0. The van der Waals surface area contributed by atoms with Gasteiger partial charge in [-0.15, -0.1) is 0 Å². The fourth-order valence-electron chi connectivity index (χ4n) is 10.3. The zero-order chi connectivity index (χ0) is 55.0. The molecule has 0 bridgehead atoms. The maximum atomic E-state index is 12.8. The van der Waals surface area contributed by atoms with E-state index in [1.807, 2.05) is 0 Å². The van der Waals surface area contributed by atoms with Crippen molar-refractivity contribution < 1.29 is 28.6 Å². The molecule has 0 heterocycles. The minimum Gasteiger partial charge on any atom is -0.462 e. The summed E-state index contributed by atoms with van der Waals surface area (Å²) in [5.74, 6) is -0.872. The van der Waals surface area contributed by atoms with Crippen molar-refractivity contribution in [2.24, 2.45) is 0 Å². The molecule has 6 heteroatoms. The van der Waals surface area contributed by atoms with E-state index in [9.17, 15) is 14.4 Å². The number of allylic oxidation sites excluding steroid dienone is 6. The van der Waals surface area contributed by atoms with E-state index in [1.165, 1.54) is 250 Å². The molecule has 0 aliphatic heterocycles. The molecule has 0 fully saturated rings. The summed E-state index contributed by atoms with van der Waals surface area (Å²) in [4.78, 5) is 38.0. The second-order valence-electron chi connectivity index (χ2n) is 23.1. The molecule has 0 radical (unpaired) electrons. The van der Waals surface area contributed by atoms with Gasteiger partial charge in [0.15, 0.2) is 6.10 Å². The van der Waals surface area contributed by atoms with Crippen molar-refractivity contribution in [3.8, 4) is 0 Å². The van der Waals surface area contributed by atoms with Crippen molar-refractivity contribution in [1.29, 1.82) is 0 Å². The molecule has 0 aromatic heterocycles. The zero-order valence-corrected chi connectivity index (χ0v) is 51.3. The number of ether oxygens (including phenoxy) is 3. The van der Waals surface area contributed by atoms with E-state index in [-0.39, 0.29) is 31.1 Å². The SMILES string of the molecule is CCCCCCC/C=C\C/C=C\C/C=C\CCCCCCCCCCC(=O)OC(COC(=O)CCCCCCC)COC(=O)CCCCCCCCCCCCCCCCCCCCCCCCCCCCCCCC. The van der Waals surface area contributed by atoms with E-state index < -0.39 is 6.10 Å². The van der Waals surface area contributed by atoms with Gasteiger partial charge >= 0.3 is 17.9 Å². The largest absolute Gasteiger partial charge is 0.462 e. The van der Waals surface area contributed by atoms with Crippen LogP contribution in [0.4, 0.5) is 0 Å². The second-order valence-corrected chi connectivity index (χ2v) is 23.1. The Morgan fingerprint density at radius 2 is 0.474 bits per heavy atom. The third-order valence-corrected chi connectivity index (χ3v) is 15.4. The monoisotopic (exact) mass is 1070 g/mol. The number of unbranched alkanes of at least 4 members (excludes halogenated alkanes) is 46. The molecule has 0 saturated heterocycles. The summed E-state index contributed by atoms with van der Waals surface area (Å²) in [5, 5.41) is 0. The summed E-state index contributed by atoms with van der Waals surface area (Å²) in [6.45, 7) is 6.60. The molecule has 446 valence electrons. The molecule has 0 N–H and O–H groups in total. The first-order chi connectivity index (χ1) is 37.5. The molecule has 0 saturated carbocycles. The van der Waals surface area contributed by atoms with E-state index in [2.05, 4.69) is 57.2 Å². The molecule has 0 aliphatic rings. The Kier molecular flexibility index (Phi) is 63.1. The van der Waals surface area contributed by atoms with Crippen molar-refractivity contribution in [2.45, 2.75) is 380 Å². The quantitative estimate of drug-likeness (QED) is 0.0261. The molecule has 0 spiro atoms. The number of hydrogen-bond donors (Lipinski definition) is 0. The highest BCUT2D eigenvalue weighted by molar-refractivity contribution is 5.71. The highest BCUT2D eigenvalue weighted by Gasteiger charge is 2.19. The van der Waals surface area contributed by atoms with Crippen LogP contribution in [0.25, 0.3) is 0 Å². The molecule has 0 amide bonds. The van der Waals surface area contributed by atoms with Gasteiger partial charge in [-0.3, -0.25) is 14.4 Å². The van der Waals surface area contributed by atoms with Gasteiger partial charge in [0.2, 0.25) is 0 Å². The first kappa shape index (κ1) is 73.6. The van der Waals surface area contributed by atoms with Crippen LogP contribution >= 0.6 is 0 Å². The van der Waals surface area contributed by atoms with Gasteiger partial charge in [-0.1, -0.05) is 333 Å². The van der Waals surface area contributed by atoms with Crippen molar-refractivity contribution in [3.05, 3.63) is 36.5 Å². The van der Waals surface area contributed by atoms with Gasteiger partial charge in [0, 0.05) is 19.3 Å². The average Bonchev–Trinajstić information content (AvgIpc) is 3.42. The fraction of sp³-hybridized carbons (Fsp3) is 0.871. The Balaban J connectivity index is 3.95. The van der Waals surface area contributed by atoms with Gasteiger partial charge in [0.05, 0.1) is 0 Å². The predicted molar refractivity (Wildman–Crippen MR) is 330 cm³/mol. The molecule has 0 rings (SSSR count). The maximum Gasteiger partial charge on any atom is 0.306 e. The van der Waals surface area contributed by atoms with Crippen LogP contribution < -0.4 is 0 Å². The summed E-state index contributed by atoms with van der Waals surface area (Å²) in [5.41, 5.74) is 0. The summed E-state index contributed by atoms with van der Waals surface area (Å²) < 4.78 is 16.8. The van der Waals surface area contributed by atoms with Gasteiger partial charge in [-0.2, -0.15) is 0 Å². The van der Waals surface area contributed by atoms with E-state index in [1.54, 1.807) is 0 Å². The van der Waals surface area contributed by atoms with E-state index in [4.69, 9.17) is 14.2 Å². The van der Waals surface area contributed by atoms with Crippen molar-refractivity contribution in [3.63, 3.8) is 0 Å². The average molecular weight is 1070 g/mol. The summed E-state index contributed by atoms with van der Waals surface area (Å²) in [7, 11) is 0. The van der Waals surface area contributed by atoms with Gasteiger partial charge in [-0.25, -0.2) is 0 Å². The van der Waals surface area contributed by atoms with Gasteiger partial charge in [0.25, 0.3) is 0 Å². The van der Waals surface area contributed by atoms with Crippen LogP contribution in [0.2, 0.25) is 0 Å². The second kappa shape index (κ2) is 65.2. The van der Waals surface area contributed by atoms with E-state index in [0.29, 0.717) is 19.3 Å². The van der Waals surface area contributed by atoms with Crippen LogP contribution in [0.3, 0.4) is 0 Å². The first-order valence-electron chi connectivity index (χ1n) is 34.0. The Hall–Kier alpha value is -2.37. The number of esters is 3. The van der Waals surface area contributed by atoms with Crippen LogP contribution in [0.5, 0.6) is 0 Å². The molecular formula is C70H130O6. The van der Waals surface area contributed by atoms with Crippen LogP contribution in [0.15, 0.2) is 36.5 Å². The van der Waals surface area contributed by atoms with Gasteiger partial charge in [0.1, 0.15) is 13.2 Å². The number of hydrogen-bond acceptors (Lipinski definition) is 6. The molecular weight excluding hydrogens is 937 g/mol. The smallest absolute Gasteiger partial charge is 0.306 e. The fourth-order valence-corrected chi connectivity index (χ4v) is 10.3. The molecule has 0 aromatic carbocycles. The van der Waals surface area contributed by atoms with Crippen molar-refractivity contribution in [2.75, 3.05) is 13.2 Å². The Bertz CT molecular complexity index is 1270. The molecule has 6 nitrogen and oxygen atoms in total. The Morgan fingerprint density at radius 1 is 0.263 bits per heavy atom. The Morgan fingerprint density at radius 3 is 0.737 bits per heavy atom. The molecule has 1 unspecified atom stereocenters. The van der Waals surface area contributed by atoms with Crippen molar-refractivity contribution in [1.82, 2.24) is 0 Å². The Labute approximate surface area is 474 Å². The lowest BCUT2D eigenvalue weighted by Crippen LogP contribution is -2.30. The number of carbonyl (C=O) groups is 3. The third kappa shape index (κ3) is 62.5. The lowest BCUT2D eigenvalue weighted by atomic mass is 10.0. The van der Waals surface area contributed by atoms with Crippen LogP contribution in [0.1, 0.15) is 374 Å². The number of rotatable bonds is 63. The summed E-state index contributed by atoms with van der Waals surface area (Å²) in [6.07, 6.45) is 80.9. The molecule has 0 aliphatic carbocycles. The van der Waals surface area contributed by atoms with E-state index in [0.717, 1.165) is 83.5 Å². The third-order valence-electron chi connectivity index (χ3n) is 15.4. The van der Waals surface area contributed by atoms with Gasteiger partial charge < -0.3 is 14.2 Å². The number of carbonyl (C=O) groups excluding carboxylic acids is 3. The lowest BCUT2D eigenvalue weighted by Gasteiger charge is -2.18. The van der Waals surface area contributed by atoms with Crippen molar-refractivity contribution >= 4 is 17.9 Å². The standard InChI is InChI=1S/C70H130O6/c1-4-7-10-13-15-17-19-21-23-25-27-29-31-32-33-34-35-36-37-39-40-42-44-46-48-50-52-54-57-60-63-69(72)75-66-67(65-74-68(71)62-59-56-12-9-6-3)76-70(73)64-61-58-55-53-51-49-47-45-43-41-38-30-28-26-24-22-20-18-16-14-11-8-5-2/h20,22,26,28,38,41,67H,4-19,21,23-25,27,29-37,39-40,42-66H2,1-3H3/b22-20-,28-26-,41-38-. The highest BCUT2D eigenvalue weighted by atomic mass is 16.6. The topological polar surface area (TPSA) is 78.9 Å². The highest BCUT2D eigenvalue weighted by Crippen LogP contribution is 2.18. The van der Waals surface area contributed by atoms with Crippen LogP contribution in [0, 0.1) is 0 Å². The maximum absolute atomic E-state index is 12.8. The zero-order valence-electron chi connectivity index (χ0n) is 51.3. The van der Waals surface area contributed by atoms with Crippen LogP contribution in [-0.2, 0) is 28.6 Å². The van der Waals surface area contributed by atoms with Crippen LogP contribution in [-0.4, -0.2) is 37.2 Å². The summed E-state index contributed by atoms with van der Waals surface area (Å²) >= 11 is 0.